The number of benzene rings is 1. The molecule has 126 valence electrons. The average Bonchev–Trinajstić information content (AvgIpc) is 2.71. The van der Waals surface area contributed by atoms with Crippen molar-refractivity contribution in [3.8, 4) is 0 Å². The van der Waals surface area contributed by atoms with E-state index in [4.69, 9.17) is 0 Å². The molecule has 0 bridgehead atoms. The summed E-state index contributed by atoms with van der Waals surface area (Å²) in [6.45, 7) is 5.85. The van der Waals surface area contributed by atoms with E-state index < -0.39 is 23.8 Å². The molecule has 1 atom stereocenters. The molecule has 3 rings (SSSR count). The lowest BCUT2D eigenvalue weighted by Crippen LogP contribution is -2.54. The van der Waals surface area contributed by atoms with Crippen LogP contribution < -0.4 is 10.6 Å². The Morgan fingerprint density at radius 2 is 1.83 bits per heavy atom. The molecule has 2 aliphatic heterocycles. The SMILES string of the molecule is CC(C)(C)Nc1cccc2c1C(=O)N(C1CCC(=O)NC1=O)C2=O. The fourth-order valence-corrected chi connectivity index (χ4v) is 3.02. The first-order valence-corrected chi connectivity index (χ1v) is 7.82. The lowest BCUT2D eigenvalue weighted by molar-refractivity contribution is -0.136. The van der Waals surface area contributed by atoms with Gasteiger partial charge in [0.2, 0.25) is 11.8 Å². The minimum absolute atomic E-state index is 0.108. The molecule has 0 aromatic heterocycles. The summed E-state index contributed by atoms with van der Waals surface area (Å²) >= 11 is 0. The molecule has 4 amide bonds. The van der Waals surface area contributed by atoms with Gasteiger partial charge in [-0.3, -0.25) is 29.4 Å². The van der Waals surface area contributed by atoms with Crippen LogP contribution in [0.4, 0.5) is 5.69 Å². The van der Waals surface area contributed by atoms with Gasteiger partial charge in [0, 0.05) is 17.6 Å². The van der Waals surface area contributed by atoms with Gasteiger partial charge in [0.05, 0.1) is 11.1 Å². The Kier molecular flexibility index (Phi) is 3.66. The number of piperidine rings is 1. The van der Waals surface area contributed by atoms with E-state index in [2.05, 4.69) is 10.6 Å². The first-order chi connectivity index (χ1) is 11.2. The number of carbonyl (C=O) groups is 4. The van der Waals surface area contributed by atoms with Crippen LogP contribution in [0.2, 0.25) is 0 Å². The lowest BCUT2D eigenvalue weighted by atomic mass is 10.0. The minimum Gasteiger partial charge on any atom is -0.380 e. The summed E-state index contributed by atoms with van der Waals surface area (Å²) in [6, 6.07) is 4.07. The second-order valence-corrected chi connectivity index (χ2v) is 7.05. The third kappa shape index (κ3) is 2.66. The van der Waals surface area contributed by atoms with Gasteiger partial charge in [-0.05, 0) is 39.3 Å². The summed E-state index contributed by atoms with van der Waals surface area (Å²) in [5.41, 5.74) is 0.828. The highest BCUT2D eigenvalue weighted by Gasteiger charge is 2.45. The molecule has 24 heavy (non-hydrogen) atoms. The molecule has 1 unspecified atom stereocenters. The number of nitrogens with zero attached hydrogens (tertiary/aromatic N) is 1. The van der Waals surface area contributed by atoms with Crippen LogP contribution in [0.3, 0.4) is 0 Å². The molecule has 1 aromatic carbocycles. The predicted octanol–water partition coefficient (Wildman–Crippen LogP) is 1.30. The number of rotatable bonds is 2. The molecule has 0 saturated carbocycles. The van der Waals surface area contributed by atoms with Gasteiger partial charge in [-0.15, -0.1) is 0 Å². The maximum Gasteiger partial charge on any atom is 0.264 e. The van der Waals surface area contributed by atoms with Crippen LogP contribution >= 0.6 is 0 Å². The standard InChI is InChI=1S/C17H19N3O4/c1-17(2,3)19-10-6-4-5-9-13(10)16(24)20(15(9)23)11-7-8-12(21)18-14(11)22/h4-6,11,19H,7-8H2,1-3H3,(H,18,21,22). The molecular weight excluding hydrogens is 310 g/mol. The number of amides is 4. The van der Waals surface area contributed by atoms with E-state index in [0.717, 1.165) is 4.90 Å². The number of anilines is 1. The summed E-state index contributed by atoms with van der Waals surface area (Å²) in [5, 5.41) is 5.41. The van der Waals surface area contributed by atoms with Crippen molar-refractivity contribution in [2.45, 2.75) is 45.2 Å². The number of nitrogens with one attached hydrogen (secondary N) is 2. The molecule has 0 spiro atoms. The van der Waals surface area contributed by atoms with Crippen LogP contribution in [-0.2, 0) is 9.59 Å². The predicted molar refractivity (Wildman–Crippen MR) is 86.5 cm³/mol. The van der Waals surface area contributed by atoms with Crippen LogP contribution in [0.15, 0.2) is 18.2 Å². The fraction of sp³-hybridized carbons (Fsp3) is 0.412. The quantitative estimate of drug-likeness (QED) is 0.797. The maximum absolute atomic E-state index is 12.8. The van der Waals surface area contributed by atoms with E-state index in [-0.39, 0.29) is 35.4 Å². The molecule has 1 saturated heterocycles. The highest BCUT2D eigenvalue weighted by Crippen LogP contribution is 2.33. The smallest absolute Gasteiger partial charge is 0.264 e. The first kappa shape index (κ1) is 16.2. The lowest BCUT2D eigenvalue weighted by Gasteiger charge is -2.28. The third-order valence-corrected chi connectivity index (χ3v) is 3.98. The second-order valence-electron chi connectivity index (χ2n) is 7.05. The molecule has 2 aliphatic rings. The molecular formula is C17H19N3O4. The zero-order chi connectivity index (χ0) is 17.6. The molecule has 2 N–H and O–H groups in total. The molecule has 1 aromatic rings. The Labute approximate surface area is 139 Å². The van der Waals surface area contributed by atoms with Crippen LogP contribution in [0, 0.1) is 0 Å². The highest BCUT2D eigenvalue weighted by atomic mass is 16.2. The molecule has 1 fully saturated rings. The minimum atomic E-state index is -0.947. The molecule has 7 nitrogen and oxygen atoms in total. The summed E-state index contributed by atoms with van der Waals surface area (Å²) < 4.78 is 0. The van der Waals surface area contributed by atoms with Crippen molar-refractivity contribution in [2.75, 3.05) is 5.32 Å². The number of carbonyl (C=O) groups excluding carboxylic acids is 4. The van der Waals surface area contributed by atoms with Gasteiger partial charge in [-0.2, -0.15) is 0 Å². The number of fused-ring (bicyclic) bond motifs is 1. The first-order valence-electron chi connectivity index (χ1n) is 7.82. The Morgan fingerprint density at radius 1 is 1.12 bits per heavy atom. The van der Waals surface area contributed by atoms with E-state index in [1.165, 1.54) is 0 Å². The van der Waals surface area contributed by atoms with Gasteiger partial charge in [-0.1, -0.05) is 6.07 Å². The molecule has 0 aliphatic carbocycles. The third-order valence-electron chi connectivity index (χ3n) is 3.98. The van der Waals surface area contributed by atoms with Crippen molar-refractivity contribution in [2.24, 2.45) is 0 Å². The molecule has 7 heteroatoms. The van der Waals surface area contributed by atoms with Gasteiger partial charge >= 0.3 is 0 Å². The van der Waals surface area contributed by atoms with Crippen LogP contribution in [0.5, 0.6) is 0 Å². The van der Waals surface area contributed by atoms with Crippen LogP contribution in [0.25, 0.3) is 0 Å². The zero-order valence-electron chi connectivity index (χ0n) is 13.8. The summed E-state index contributed by atoms with van der Waals surface area (Å²) in [4.78, 5) is 49.8. The normalized spacial score (nSPS) is 21.0. The average molecular weight is 329 g/mol. The maximum atomic E-state index is 12.8. The van der Waals surface area contributed by atoms with Crippen molar-refractivity contribution in [3.63, 3.8) is 0 Å². The van der Waals surface area contributed by atoms with Crippen molar-refractivity contribution in [3.05, 3.63) is 29.3 Å². The second kappa shape index (κ2) is 5.43. The highest BCUT2D eigenvalue weighted by molar-refractivity contribution is 6.25. The zero-order valence-corrected chi connectivity index (χ0v) is 13.8. The van der Waals surface area contributed by atoms with Crippen molar-refractivity contribution in [1.82, 2.24) is 10.2 Å². The number of hydrogen-bond donors (Lipinski definition) is 2. The Morgan fingerprint density at radius 3 is 2.46 bits per heavy atom. The van der Waals surface area contributed by atoms with Crippen molar-refractivity contribution >= 4 is 29.3 Å². The van der Waals surface area contributed by atoms with E-state index >= 15 is 0 Å². The topological polar surface area (TPSA) is 95.6 Å². The van der Waals surface area contributed by atoms with Gasteiger partial charge in [0.25, 0.3) is 11.8 Å². The monoisotopic (exact) mass is 329 g/mol. The van der Waals surface area contributed by atoms with Gasteiger partial charge in [0.15, 0.2) is 0 Å². The number of hydrogen-bond acceptors (Lipinski definition) is 5. The van der Waals surface area contributed by atoms with Crippen LogP contribution in [0.1, 0.15) is 54.3 Å². The number of imide groups is 2. The van der Waals surface area contributed by atoms with Crippen LogP contribution in [-0.4, -0.2) is 40.1 Å². The Bertz CT molecular complexity index is 764. The molecule has 2 heterocycles. The van der Waals surface area contributed by atoms with E-state index in [9.17, 15) is 19.2 Å². The molecule has 0 radical (unpaired) electrons. The van der Waals surface area contributed by atoms with Crippen molar-refractivity contribution in [1.29, 1.82) is 0 Å². The van der Waals surface area contributed by atoms with E-state index in [1.54, 1.807) is 18.2 Å². The van der Waals surface area contributed by atoms with Gasteiger partial charge in [-0.25, -0.2) is 0 Å². The van der Waals surface area contributed by atoms with E-state index in [1.807, 2.05) is 20.8 Å². The Balaban J connectivity index is 1.98. The Hall–Kier alpha value is -2.70. The fourth-order valence-electron chi connectivity index (χ4n) is 3.02. The van der Waals surface area contributed by atoms with Gasteiger partial charge < -0.3 is 5.32 Å². The van der Waals surface area contributed by atoms with Crippen molar-refractivity contribution < 1.29 is 19.2 Å². The largest absolute Gasteiger partial charge is 0.380 e. The summed E-state index contributed by atoms with van der Waals surface area (Å²) in [5.74, 6) is -1.99. The summed E-state index contributed by atoms with van der Waals surface area (Å²) in [6.07, 6.45) is 0.259. The van der Waals surface area contributed by atoms with Gasteiger partial charge in [0.1, 0.15) is 6.04 Å². The summed E-state index contributed by atoms with van der Waals surface area (Å²) in [7, 11) is 0. The van der Waals surface area contributed by atoms with E-state index in [0.29, 0.717) is 5.69 Å².